The maximum absolute atomic E-state index is 13.6. The van der Waals surface area contributed by atoms with Crippen LogP contribution in [0.5, 0.6) is 0 Å². The van der Waals surface area contributed by atoms with Crippen molar-refractivity contribution in [2.45, 2.75) is 6.18 Å². The van der Waals surface area contributed by atoms with Gasteiger partial charge in [0.1, 0.15) is 5.82 Å². The minimum atomic E-state index is -4.43. The molecule has 0 N–H and O–H groups in total. The van der Waals surface area contributed by atoms with E-state index in [-0.39, 0.29) is 0 Å². The third-order valence-corrected chi connectivity index (χ3v) is 8.95. The molecule has 46 heavy (non-hydrogen) atoms. The lowest BCUT2D eigenvalue weighted by molar-refractivity contribution is -0.137. The summed E-state index contributed by atoms with van der Waals surface area (Å²) in [4.78, 5) is 5.23. The normalized spacial score (nSPS) is 12.2. The Morgan fingerprint density at radius 1 is 0.435 bits per heavy atom. The molecule has 0 spiro atoms. The number of halogens is 3. The predicted octanol–water partition coefficient (Wildman–Crippen LogP) is 11.1. The van der Waals surface area contributed by atoms with Crippen LogP contribution < -0.4 is 0 Å². The van der Waals surface area contributed by atoms with Crippen molar-refractivity contribution in [2.24, 2.45) is 0 Å². The zero-order valence-corrected chi connectivity index (χ0v) is 24.3. The molecule has 2 heterocycles. The molecule has 0 aliphatic heterocycles. The summed E-state index contributed by atoms with van der Waals surface area (Å²) in [7, 11) is 0. The van der Waals surface area contributed by atoms with Crippen molar-refractivity contribution in [1.29, 1.82) is 0 Å². The molecular formula is C40H24F3N3. The lowest BCUT2D eigenvalue weighted by atomic mass is 10.00. The Kier molecular flexibility index (Phi) is 5.66. The smallest absolute Gasteiger partial charge is 0.309 e. The zero-order chi connectivity index (χ0) is 31.0. The Bertz CT molecular complexity index is 2550. The van der Waals surface area contributed by atoms with Gasteiger partial charge in [-0.2, -0.15) is 13.2 Å². The summed E-state index contributed by atoms with van der Waals surface area (Å²) in [5.41, 5.74) is 5.68. The number of benzene rings is 7. The van der Waals surface area contributed by atoms with Crippen LogP contribution in [-0.2, 0) is 6.18 Å². The van der Waals surface area contributed by atoms with Gasteiger partial charge in [0, 0.05) is 38.5 Å². The molecule has 0 saturated heterocycles. The first-order valence-electron chi connectivity index (χ1n) is 15.1. The summed E-state index contributed by atoms with van der Waals surface area (Å²) in [6.07, 6.45) is -4.43. The summed E-state index contributed by atoms with van der Waals surface area (Å²) in [5.74, 6) is 0.657. The monoisotopic (exact) mass is 603 g/mol. The Balaban J connectivity index is 1.31. The van der Waals surface area contributed by atoms with E-state index in [4.69, 9.17) is 4.98 Å². The van der Waals surface area contributed by atoms with Gasteiger partial charge >= 0.3 is 6.18 Å². The molecule has 220 valence electrons. The number of imidazole rings is 1. The van der Waals surface area contributed by atoms with Crippen molar-refractivity contribution in [2.75, 3.05) is 0 Å². The highest BCUT2D eigenvalue weighted by Gasteiger charge is 2.30. The van der Waals surface area contributed by atoms with Crippen LogP contribution >= 0.6 is 0 Å². The largest absolute Gasteiger partial charge is 0.416 e. The average molecular weight is 604 g/mol. The molecule has 2 aromatic heterocycles. The zero-order valence-electron chi connectivity index (χ0n) is 24.3. The summed E-state index contributed by atoms with van der Waals surface area (Å²) in [5, 5.41) is 6.49. The first-order valence-corrected chi connectivity index (χ1v) is 15.1. The van der Waals surface area contributed by atoms with E-state index in [1.807, 2.05) is 53.1 Å². The Morgan fingerprint density at radius 2 is 0.891 bits per heavy atom. The number of hydrogen-bond acceptors (Lipinski definition) is 1. The van der Waals surface area contributed by atoms with Crippen molar-refractivity contribution >= 4 is 54.4 Å². The van der Waals surface area contributed by atoms with Gasteiger partial charge in [-0.05, 0) is 71.4 Å². The van der Waals surface area contributed by atoms with Crippen LogP contribution in [0.1, 0.15) is 5.56 Å². The molecule has 0 bridgehead atoms. The minimum absolute atomic E-state index is 0.609. The maximum Gasteiger partial charge on any atom is 0.416 e. The molecule has 9 rings (SSSR count). The predicted molar refractivity (Wildman–Crippen MR) is 181 cm³/mol. The minimum Gasteiger partial charge on any atom is -0.309 e. The number of hydrogen-bond donors (Lipinski definition) is 0. The van der Waals surface area contributed by atoms with Gasteiger partial charge in [-0.3, -0.25) is 4.57 Å². The van der Waals surface area contributed by atoms with E-state index in [0.717, 1.165) is 67.0 Å². The SMILES string of the molecule is FC(F)(F)c1ccc(-n2c(-c3ccc(-n4c5ccccc5c5ccccc54)cc3)nc3c4ccccc4c4ccccc4c32)cc1. The van der Waals surface area contributed by atoms with Crippen LogP contribution in [-0.4, -0.2) is 14.1 Å². The molecule has 6 heteroatoms. The van der Waals surface area contributed by atoms with Gasteiger partial charge in [0.05, 0.1) is 27.6 Å². The van der Waals surface area contributed by atoms with Crippen LogP contribution in [0.2, 0.25) is 0 Å². The quantitative estimate of drug-likeness (QED) is 0.184. The van der Waals surface area contributed by atoms with Gasteiger partial charge in [-0.15, -0.1) is 0 Å². The second kappa shape index (κ2) is 9.81. The first kappa shape index (κ1) is 26.5. The van der Waals surface area contributed by atoms with Crippen LogP contribution in [0.3, 0.4) is 0 Å². The Morgan fingerprint density at radius 3 is 1.48 bits per heavy atom. The average Bonchev–Trinajstić information content (AvgIpc) is 3.66. The highest BCUT2D eigenvalue weighted by Crippen LogP contribution is 2.40. The summed E-state index contributed by atoms with van der Waals surface area (Å²) >= 11 is 0. The van der Waals surface area contributed by atoms with Gasteiger partial charge in [-0.1, -0.05) is 84.9 Å². The van der Waals surface area contributed by atoms with E-state index >= 15 is 0 Å². The lowest BCUT2D eigenvalue weighted by Gasteiger charge is -2.14. The number of fused-ring (bicyclic) bond motifs is 9. The molecule has 0 unspecified atom stereocenters. The third kappa shape index (κ3) is 3.90. The number of alkyl halides is 3. The maximum atomic E-state index is 13.6. The number of rotatable bonds is 3. The fraction of sp³-hybridized carbons (Fsp3) is 0.0250. The van der Waals surface area contributed by atoms with E-state index in [1.165, 1.54) is 22.9 Å². The van der Waals surface area contributed by atoms with Gasteiger partial charge in [0.25, 0.3) is 0 Å². The first-order chi connectivity index (χ1) is 22.5. The molecule has 9 aromatic rings. The molecule has 7 aromatic carbocycles. The highest BCUT2D eigenvalue weighted by atomic mass is 19.4. The van der Waals surface area contributed by atoms with E-state index in [0.29, 0.717) is 11.5 Å². The van der Waals surface area contributed by atoms with E-state index in [1.54, 1.807) is 0 Å². The summed E-state index contributed by atoms with van der Waals surface area (Å²) in [6, 6.07) is 46.7. The second-order valence-electron chi connectivity index (χ2n) is 11.5. The van der Waals surface area contributed by atoms with Crippen molar-refractivity contribution in [3.05, 3.63) is 151 Å². The van der Waals surface area contributed by atoms with Crippen molar-refractivity contribution in [3.8, 4) is 22.8 Å². The Hall–Kier alpha value is -5.88. The molecular weight excluding hydrogens is 579 g/mol. The van der Waals surface area contributed by atoms with Crippen LogP contribution in [0.4, 0.5) is 13.2 Å². The van der Waals surface area contributed by atoms with Crippen molar-refractivity contribution in [3.63, 3.8) is 0 Å². The van der Waals surface area contributed by atoms with Crippen molar-refractivity contribution in [1.82, 2.24) is 14.1 Å². The van der Waals surface area contributed by atoms with Crippen LogP contribution in [0, 0.1) is 0 Å². The third-order valence-electron chi connectivity index (χ3n) is 8.95. The molecule has 0 amide bonds. The van der Waals surface area contributed by atoms with Crippen LogP contribution in [0.15, 0.2) is 146 Å². The highest BCUT2D eigenvalue weighted by molar-refractivity contribution is 6.24. The van der Waals surface area contributed by atoms with E-state index in [2.05, 4.69) is 77.4 Å². The fourth-order valence-corrected chi connectivity index (χ4v) is 6.91. The van der Waals surface area contributed by atoms with E-state index < -0.39 is 11.7 Å². The molecule has 0 saturated carbocycles. The van der Waals surface area contributed by atoms with E-state index in [9.17, 15) is 13.2 Å². The van der Waals surface area contributed by atoms with Gasteiger partial charge in [0.15, 0.2) is 0 Å². The van der Waals surface area contributed by atoms with Crippen molar-refractivity contribution < 1.29 is 13.2 Å². The molecule has 0 atom stereocenters. The van der Waals surface area contributed by atoms with Gasteiger partial charge in [-0.25, -0.2) is 4.98 Å². The van der Waals surface area contributed by atoms with Gasteiger partial charge < -0.3 is 4.57 Å². The molecule has 0 aliphatic rings. The fourth-order valence-electron chi connectivity index (χ4n) is 6.91. The molecule has 0 radical (unpaired) electrons. The number of nitrogens with zero attached hydrogens (tertiary/aromatic N) is 3. The molecule has 3 nitrogen and oxygen atoms in total. The van der Waals surface area contributed by atoms with Gasteiger partial charge in [0.2, 0.25) is 0 Å². The molecule has 0 aliphatic carbocycles. The second-order valence-corrected chi connectivity index (χ2v) is 11.5. The summed E-state index contributed by atoms with van der Waals surface area (Å²) in [6.45, 7) is 0. The standard InChI is InChI=1S/C40H24F3N3/c41-40(42,43)26-19-23-28(24-20-26)46-38-34-14-4-2-10-30(34)29-9-1-3-13-33(29)37(38)44-39(46)25-17-21-27(22-18-25)45-35-15-7-5-11-31(35)32-12-6-8-16-36(32)45/h1-24H. The molecule has 0 fully saturated rings. The number of para-hydroxylation sites is 2. The number of aromatic nitrogens is 3. The topological polar surface area (TPSA) is 22.8 Å². The lowest BCUT2D eigenvalue weighted by Crippen LogP contribution is -2.05. The summed E-state index contributed by atoms with van der Waals surface area (Å²) < 4.78 is 45.0. The van der Waals surface area contributed by atoms with Crippen LogP contribution in [0.25, 0.3) is 77.1 Å². The Labute approximate surface area is 261 Å².